The third-order valence-corrected chi connectivity index (χ3v) is 8.82. The monoisotopic (exact) mass is 607 g/mol. The molecule has 2 aromatic heterocycles. The number of benzene rings is 1. The number of anilines is 2. The van der Waals surface area contributed by atoms with Crippen LogP contribution in [0.5, 0.6) is 0 Å². The Morgan fingerprint density at radius 2 is 1.79 bits per heavy atom. The number of nitrogens with zero attached hydrogens (tertiary/aromatic N) is 6. The number of nitrogens with one attached hydrogen (secondary N) is 1. The zero-order valence-corrected chi connectivity index (χ0v) is 24.2. The highest BCUT2D eigenvalue weighted by Crippen LogP contribution is 2.38. The van der Waals surface area contributed by atoms with Crippen molar-refractivity contribution in [2.75, 3.05) is 42.9 Å². The smallest absolute Gasteiger partial charge is 0.416 e. The molecule has 2 aliphatic heterocycles. The van der Waals surface area contributed by atoms with Crippen LogP contribution in [0.2, 0.25) is 0 Å². The van der Waals surface area contributed by atoms with Gasteiger partial charge in [0.2, 0.25) is 0 Å². The van der Waals surface area contributed by atoms with Crippen LogP contribution < -0.4 is 10.2 Å². The average molecular weight is 608 g/mol. The Morgan fingerprint density at radius 1 is 1.07 bits per heavy atom. The number of carboxylic acid groups (broad SMARTS) is 1. The number of thiazole rings is 1. The van der Waals surface area contributed by atoms with Gasteiger partial charge in [-0.1, -0.05) is 0 Å². The lowest BCUT2D eigenvalue weighted by Gasteiger charge is -2.34. The van der Waals surface area contributed by atoms with Crippen LogP contribution in [0.1, 0.15) is 42.8 Å². The third kappa shape index (κ3) is 7.16. The SMILES string of the molecule is C[C@@H]1CC[C@@H](C)N1Cc1sc(NCc2cnc(N3CCN(CC(=O)O)CC3)cn2)nc1-c1cc(F)cc(C(F)(F)F)c1. The molecule has 1 aromatic carbocycles. The second kappa shape index (κ2) is 12.5. The van der Waals surface area contributed by atoms with E-state index in [0.29, 0.717) is 79.8 Å². The van der Waals surface area contributed by atoms with Crippen LogP contribution in [0.25, 0.3) is 11.3 Å². The molecule has 5 rings (SSSR count). The Kier molecular flexibility index (Phi) is 8.94. The van der Waals surface area contributed by atoms with Gasteiger partial charge in [-0.2, -0.15) is 13.2 Å². The molecule has 0 bridgehead atoms. The quantitative estimate of drug-likeness (QED) is 0.328. The number of aromatic nitrogens is 3. The number of likely N-dealkylation sites (tertiary alicyclic amines) is 1. The van der Waals surface area contributed by atoms with Gasteiger partial charge in [0.1, 0.15) is 11.6 Å². The maximum atomic E-state index is 14.3. The van der Waals surface area contributed by atoms with Crippen molar-refractivity contribution in [3.8, 4) is 11.3 Å². The summed E-state index contributed by atoms with van der Waals surface area (Å²) in [7, 11) is 0. The molecule has 9 nitrogen and oxygen atoms in total. The fraction of sp³-hybridized carbons (Fsp3) is 0.500. The second-order valence-electron chi connectivity index (χ2n) is 10.8. The van der Waals surface area contributed by atoms with Gasteiger partial charge in [-0.05, 0) is 44.9 Å². The first-order valence-corrected chi connectivity index (χ1v) is 14.7. The largest absolute Gasteiger partial charge is 0.480 e. The van der Waals surface area contributed by atoms with E-state index in [4.69, 9.17) is 5.11 Å². The van der Waals surface area contributed by atoms with Gasteiger partial charge in [-0.25, -0.2) is 14.4 Å². The fourth-order valence-corrected chi connectivity index (χ4v) is 6.46. The molecule has 2 fully saturated rings. The Hall–Kier alpha value is -3.36. The molecule has 2 atom stereocenters. The van der Waals surface area contributed by atoms with Crippen molar-refractivity contribution in [2.45, 2.75) is 58.0 Å². The number of hydrogen-bond acceptors (Lipinski definition) is 9. The average Bonchev–Trinajstić information content (AvgIpc) is 3.50. The molecule has 2 saturated heterocycles. The van der Waals surface area contributed by atoms with Crippen molar-refractivity contribution in [3.63, 3.8) is 0 Å². The highest BCUT2D eigenvalue weighted by atomic mass is 32.1. The summed E-state index contributed by atoms with van der Waals surface area (Å²) in [4.78, 5) is 31.6. The number of piperazine rings is 1. The number of halogens is 4. The first-order valence-electron chi connectivity index (χ1n) is 13.8. The van der Waals surface area contributed by atoms with Crippen LogP contribution in [0.4, 0.5) is 28.5 Å². The lowest BCUT2D eigenvalue weighted by atomic mass is 10.1. The Bertz CT molecular complexity index is 1380. The van der Waals surface area contributed by atoms with Crippen LogP contribution in [-0.2, 0) is 24.1 Å². The molecular weight excluding hydrogens is 574 g/mol. The third-order valence-electron chi connectivity index (χ3n) is 7.82. The Balaban J connectivity index is 1.31. The molecule has 0 radical (unpaired) electrons. The minimum Gasteiger partial charge on any atom is -0.480 e. The van der Waals surface area contributed by atoms with Gasteiger partial charge >= 0.3 is 12.1 Å². The number of carbonyl (C=O) groups is 1. The van der Waals surface area contributed by atoms with Gasteiger partial charge in [-0.3, -0.25) is 19.6 Å². The Labute approximate surface area is 245 Å². The van der Waals surface area contributed by atoms with Gasteiger partial charge in [0.05, 0.1) is 42.4 Å². The summed E-state index contributed by atoms with van der Waals surface area (Å²) in [6.07, 6.45) is 0.709. The summed E-state index contributed by atoms with van der Waals surface area (Å²) in [6.45, 7) is 7.61. The van der Waals surface area contributed by atoms with Crippen LogP contribution in [-0.4, -0.2) is 80.6 Å². The molecule has 0 spiro atoms. The van der Waals surface area contributed by atoms with Gasteiger partial charge in [0, 0.05) is 55.2 Å². The summed E-state index contributed by atoms with van der Waals surface area (Å²) in [5, 5.41) is 12.7. The van der Waals surface area contributed by atoms with Crippen LogP contribution >= 0.6 is 11.3 Å². The molecule has 0 unspecified atom stereocenters. The minimum atomic E-state index is -4.68. The predicted octanol–water partition coefficient (Wildman–Crippen LogP) is 4.95. The molecule has 0 aliphatic carbocycles. The van der Waals surface area contributed by atoms with Crippen molar-refractivity contribution < 1.29 is 27.5 Å². The standard InChI is InChI=1S/C28H33F4N7O2S/c1-17-3-4-18(2)39(17)15-23-26(19-9-20(28(30,31)32)11-21(29)10-19)36-27(42-23)35-13-22-12-34-24(14-33-22)38-7-5-37(6-8-38)16-25(40)41/h9-12,14,17-18H,3-8,13,15-16H2,1-2H3,(H,35,36)(H,40,41)/t17-,18-/m1/s1. The number of carboxylic acids is 1. The molecule has 0 saturated carbocycles. The van der Waals surface area contributed by atoms with Gasteiger partial charge in [0.25, 0.3) is 0 Å². The van der Waals surface area contributed by atoms with Crippen molar-refractivity contribution >= 4 is 28.3 Å². The molecule has 14 heteroatoms. The van der Waals surface area contributed by atoms with E-state index < -0.39 is 23.5 Å². The van der Waals surface area contributed by atoms with Crippen LogP contribution in [0.3, 0.4) is 0 Å². The van der Waals surface area contributed by atoms with E-state index in [-0.39, 0.29) is 12.1 Å². The van der Waals surface area contributed by atoms with E-state index in [2.05, 4.69) is 43.9 Å². The molecule has 2 aliphatic rings. The minimum absolute atomic E-state index is 0.0170. The van der Waals surface area contributed by atoms with E-state index in [1.165, 1.54) is 11.3 Å². The summed E-state index contributed by atoms with van der Waals surface area (Å²) < 4.78 is 54.7. The van der Waals surface area contributed by atoms with Crippen LogP contribution in [0.15, 0.2) is 30.6 Å². The zero-order chi connectivity index (χ0) is 30.0. The summed E-state index contributed by atoms with van der Waals surface area (Å²) in [5.74, 6) is -1.11. The second-order valence-corrected chi connectivity index (χ2v) is 11.9. The van der Waals surface area contributed by atoms with E-state index in [9.17, 15) is 22.4 Å². The summed E-state index contributed by atoms with van der Waals surface area (Å²) in [5.41, 5.74) is 0.0250. The van der Waals surface area contributed by atoms with E-state index in [0.717, 1.165) is 29.9 Å². The first-order chi connectivity index (χ1) is 20.0. The normalized spacial score (nSPS) is 20.3. The maximum Gasteiger partial charge on any atom is 0.416 e. The summed E-state index contributed by atoms with van der Waals surface area (Å²) >= 11 is 1.34. The fourth-order valence-electron chi connectivity index (χ4n) is 5.47. The molecule has 226 valence electrons. The van der Waals surface area contributed by atoms with Crippen molar-refractivity contribution in [2.24, 2.45) is 0 Å². The van der Waals surface area contributed by atoms with E-state index in [1.54, 1.807) is 12.4 Å². The van der Waals surface area contributed by atoms with Gasteiger partial charge < -0.3 is 15.3 Å². The Morgan fingerprint density at radius 3 is 2.40 bits per heavy atom. The topological polar surface area (TPSA) is 97.7 Å². The highest BCUT2D eigenvalue weighted by Gasteiger charge is 2.33. The molecule has 3 aromatic rings. The number of rotatable bonds is 9. The lowest BCUT2D eigenvalue weighted by molar-refractivity contribution is -0.139. The van der Waals surface area contributed by atoms with Crippen molar-refractivity contribution in [3.05, 3.63) is 52.5 Å². The first kappa shape index (κ1) is 30.1. The molecule has 0 amide bonds. The van der Waals surface area contributed by atoms with E-state index in [1.807, 2.05) is 4.90 Å². The van der Waals surface area contributed by atoms with Crippen molar-refractivity contribution in [1.29, 1.82) is 0 Å². The molecular formula is C28H33F4N7O2S. The van der Waals surface area contributed by atoms with Gasteiger partial charge in [0.15, 0.2) is 5.13 Å². The summed E-state index contributed by atoms with van der Waals surface area (Å²) in [6, 6.07) is 3.18. The molecule has 4 heterocycles. The molecule has 2 N–H and O–H groups in total. The van der Waals surface area contributed by atoms with Crippen molar-refractivity contribution in [1.82, 2.24) is 24.8 Å². The molecule has 42 heavy (non-hydrogen) atoms. The maximum absolute atomic E-state index is 14.3. The lowest BCUT2D eigenvalue weighted by Crippen LogP contribution is -2.48. The van der Waals surface area contributed by atoms with Gasteiger partial charge in [-0.15, -0.1) is 11.3 Å². The predicted molar refractivity (Wildman–Crippen MR) is 152 cm³/mol. The number of hydrogen-bond donors (Lipinski definition) is 2. The number of alkyl halides is 3. The highest BCUT2D eigenvalue weighted by molar-refractivity contribution is 7.16. The van der Waals surface area contributed by atoms with Crippen LogP contribution in [0, 0.1) is 5.82 Å². The zero-order valence-electron chi connectivity index (χ0n) is 23.4. The van der Waals surface area contributed by atoms with E-state index >= 15 is 0 Å². The number of aliphatic carboxylic acids is 1.